The van der Waals surface area contributed by atoms with Crippen molar-refractivity contribution >= 4 is 34.8 Å². The minimum Gasteiger partial charge on any atom is -0.480 e. The lowest BCUT2D eigenvalue weighted by molar-refractivity contribution is -0.138. The number of rotatable bonds is 7. The second-order valence-electron chi connectivity index (χ2n) is 5.80. The van der Waals surface area contributed by atoms with Crippen LogP contribution in [0.15, 0.2) is 12.1 Å². The fourth-order valence-corrected chi connectivity index (χ4v) is 3.78. The molecule has 0 bridgehead atoms. The minimum absolute atomic E-state index is 0.00635. The third-order valence-electron chi connectivity index (χ3n) is 4.02. The Kier molecular flexibility index (Phi) is 6.83. The Morgan fingerprint density at radius 2 is 2.13 bits per heavy atom. The van der Waals surface area contributed by atoms with Crippen LogP contribution in [0.5, 0.6) is 0 Å². The van der Waals surface area contributed by atoms with E-state index in [-0.39, 0.29) is 18.5 Å². The van der Waals surface area contributed by atoms with Crippen LogP contribution >= 0.6 is 22.9 Å². The smallest absolute Gasteiger partial charge is 0.317 e. The molecule has 1 aromatic rings. The molecule has 0 aromatic carbocycles. The van der Waals surface area contributed by atoms with Gasteiger partial charge in [-0.25, -0.2) is 0 Å². The predicted molar refractivity (Wildman–Crippen MR) is 90.9 cm³/mol. The first-order valence-electron chi connectivity index (χ1n) is 7.59. The summed E-state index contributed by atoms with van der Waals surface area (Å²) in [7, 11) is 1.84. The van der Waals surface area contributed by atoms with Crippen LogP contribution in [-0.4, -0.2) is 66.1 Å². The monoisotopic (exact) mass is 359 g/mol. The highest BCUT2D eigenvalue weighted by Gasteiger charge is 2.24. The first kappa shape index (κ1) is 18.2. The molecule has 2 rings (SSSR count). The molecule has 128 valence electrons. The topological polar surface area (TPSA) is 72.9 Å². The van der Waals surface area contributed by atoms with Gasteiger partial charge in [-0.05, 0) is 32.0 Å². The third-order valence-corrected chi connectivity index (χ3v) is 5.25. The first-order chi connectivity index (χ1) is 10.9. The summed E-state index contributed by atoms with van der Waals surface area (Å²) in [5, 5.41) is 11.7. The Morgan fingerprint density at radius 1 is 1.43 bits per heavy atom. The number of carbonyl (C=O) groups excluding carboxylic acids is 1. The molecule has 23 heavy (non-hydrogen) atoms. The van der Waals surface area contributed by atoms with Gasteiger partial charge >= 0.3 is 5.97 Å². The number of hydrogen-bond acceptors (Lipinski definition) is 5. The van der Waals surface area contributed by atoms with Crippen LogP contribution in [0.25, 0.3) is 0 Å². The number of carboxylic acid groups (broad SMARTS) is 1. The molecule has 1 aliphatic heterocycles. The van der Waals surface area contributed by atoms with E-state index < -0.39 is 5.97 Å². The fourth-order valence-electron chi connectivity index (χ4n) is 2.75. The molecule has 2 N–H and O–H groups in total. The lowest BCUT2D eigenvalue weighted by Crippen LogP contribution is -2.47. The van der Waals surface area contributed by atoms with Crippen LogP contribution in [0.4, 0.5) is 0 Å². The van der Waals surface area contributed by atoms with Gasteiger partial charge in [0.1, 0.15) is 0 Å². The normalized spacial score (nSPS) is 16.7. The third kappa shape index (κ3) is 6.10. The molecule has 1 fully saturated rings. The summed E-state index contributed by atoms with van der Waals surface area (Å²) < 4.78 is 0.724. The molecule has 1 amide bonds. The van der Waals surface area contributed by atoms with Crippen molar-refractivity contribution in [3.05, 3.63) is 21.3 Å². The van der Waals surface area contributed by atoms with Crippen molar-refractivity contribution < 1.29 is 14.7 Å². The number of thiophene rings is 1. The highest BCUT2D eigenvalue weighted by Crippen LogP contribution is 2.21. The number of hydrogen-bond donors (Lipinski definition) is 2. The van der Waals surface area contributed by atoms with E-state index >= 15 is 0 Å². The zero-order chi connectivity index (χ0) is 16.8. The molecule has 1 saturated heterocycles. The van der Waals surface area contributed by atoms with Crippen molar-refractivity contribution in [3.63, 3.8) is 0 Å². The van der Waals surface area contributed by atoms with E-state index in [9.17, 15) is 9.59 Å². The number of amides is 1. The van der Waals surface area contributed by atoms with Crippen molar-refractivity contribution in [2.45, 2.75) is 25.4 Å². The number of aliphatic carboxylic acids is 1. The first-order valence-corrected chi connectivity index (χ1v) is 8.79. The Labute approximate surface area is 145 Å². The van der Waals surface area contributed by atoms with Gasteiger partial charge in [0.25, 0.3) is 0 Å². The molecule has 0 unspecified atom stereocenters. The molecule has 0 radical (unpaired) electrons. The summed E-state index contributed by atoms with van der Waals surface area (Å²) in [6, 6.07) is 4.02. The molecular weight excluding hydrogens is 338 g/mol. The Morgan fingerprint density at radius 3 is 2.70 bits per heavy atom. The molecule has 0 spiro atoms. The zero-order valence-corrected chi connectivity index (χ0v) is 14.7. The van der Waals surface area contributed by atoms with E-state index in [2.05, 4.69) is 10.2 Å². The lowest BCUT2D eigenvalue weighted by atomic mass is 10.0. The maximum absolute atomic E-state index is 12.0. The van der Waals surface area contributed by atoms with E-state index in [1.54, 1.807) is 0 Å². The van der Waals surface area contributed by atoms with Gasteiger partial charge in [0.15, 0.2) is 0 Å². The summed E-state index contributed by atoms with van der Waals surface area (Å²) >= 11 is 7.33. The number of nitrogens with one attached hydrogen (secondary N) is 1. The summed E-state index contributed by atoms with van der Waals surface area (Å²) in [6.07, 6.45) is 1.77. The average Bonchev–Trinajstić information content (AvgIpc) is 2.91. The predicted octanol–water partition coefficient (Wildman–Crippen LogP) is 1.50. The average molecular weight is 360 g/mol. The van der Waals surface area contributed by atoms with Crippen LogP contribution in [0.3, 0.4) is 0 Å². The molecule has 0 saturated carbocycles. The molecule has 1 aliphatic rings. The van der Waals surface area contributed by atoms with Crippen molar-refractivity contribution in [1.82, 2.24) is 15.1 Å². The van der Waals surface area contributed by atoms with Crippen molar-refractivity contribution in [2.24, 2.45) is 0 Å². The molecule has 6 nitrogen and oxygen atoms in total. The largest absolute Gasteiger partial charge is 0.480 e. The lowest BCUT2D eigenvalue weighted by Gasteiger charge is -2.35. The van der Waals surface area contributed by atoms with Crippen molar-refractivity contribution in [1.29, 1.82) is 0 Å². The van der Waals surface area contributed by atoms with E-state index in [4.69, 9.17) is 16.7 Å². The Bertz CT molecular complexity index is 544. The van der Waals surface area contributed by atoms with E-state index in [1.165, 1.54) is 11.3 Å². The maximum Gasteiger partial charge on any atom is 0.317 e. The zero-order valence-electron chi connectivity index (χ0n) is 13.1. The summed E-state index contributed by atoms with van der Waals surface area (Å²) in [5.74, 6) is -0.796. The van der Waals surface area contributed by atoms with Crippen LogP contribution in [0, 0.1) is 0 Å². The van der Waals surface area contributed by atoms with Gasteiger partial charge in [-0.1, -0.05) is 11.6 Å². The number of nitrogens with zero attached hydrogens (tertiary/aromatic N) is 2. The summed E-state index contributed by atoms with van der Waals surface area (Å²) in [6.45, 7) is 2.58. The van der Waals surface area contributed by atoms with Gasteiger partial charge in [0.05, 0.1) is 24.0 Å². The number of likely N-dealkylation sites (N-methyl/N-ethyl adjacent to an activating group) is 1. The van der Waals surface area contributed by atoms with Gasteiger partial charge < -0.3 is 10.4 Å². The molecule has 1 aromatic heterocycles. The van der Waals surface area contributed by atoms with Gasteiger partial charge in [0, 0.05) is 24.0 Å². The molecule has 0 aliphatic carbocycles. The van der Waals surface area contributed by atoms with E-state index in [0.717, 1.165) is 35.1 Å². The highest BCUT2D eigenvalue weighted by molar-refractivity contribution is 7.16. The van der Waals surface area contributed by atoms with Crippen molar-refractivity contribution in [2.75, 3.05) is 33.2 Å². The van der Waals surface area contributed by atoms with Crippen LogP contribution in [-0.2, 0) is 16.1 Å². The second-order valence-corrected chi connectivity index (χ2v) is 7.60. The highest BCUT2D eigenvalue weighted by atomic mass is 35.5. The SMILES string of the molecule is CN(CC(=O)O)C1CCN(CC(=O)NCc2ccc(Cl)s2)CC1. The minimum atomic E-state index is -0.803. The number of carbonyl (C=O) groups is 2. The summed E-state index contributed by atoms with van der Waals surface area (Å²) in [5.41, 5.74) is 0. The van der Waals surface area contributed by atoms with Crippen LogP contribution in [0.1, 0.15) is 17.7 Å². The van der Waals surface area contributed by atoms with E-state index in [0.29, 0.717) is 13.1 Å². The number of likely N-dealkylation sites (tertiary alicyclic amines) is 1. The van der Waals surface area contributed by atoms with E-state index in [1.807, 2.05) is 24.1 Å². The fraction of sp³-hybridized carbons (Fsp3) is 0.600. The molecular formula is C15H22ClN3O3S. The standard InChI is InChI=1S/C15H22ClN3O3S/c1-18(10-15(21)22)11-4-6-19(7-5-11)9-14(20)17-8-12-2-3-13(16)23-12/h2-3,11H,4-10H2,1H3,(H,17,20)(H,21,22). The second kappa shape index (κ2) is 8.63. The Hall–Kier alpha value is -1.15. The van der Waals surface area contributed by atoms with Crippen molar-refractivity contribution in [3.8, 4) is 0 Å². The van der Waals surface area contributed by atoms with Crippen LogP contribution < -0.4 is 5.32 Å². The Balaban J connectivity index is 1.67. The van der Waals surface area contributed by atoms with Gasteiger partial charge in [-0.2, -0.15) is 0 Å². The van der Waals surface area contributed by atoms with Gasteiger partial charge in [-0.15, -0.1) is 11.3 Å². The number of halogens is 1. The van der Waals surface area contributed by atoms with Crippen LogP contribution in [0.2, 0.25) is 4.34 Å². The van der Waals surface area contributed by atoms with Gasteiger partial charge in [0.2, 0.25) is 5.91 Å². The number of carboxylic acids is 1. The summed E-state index contributed by atoms with van der Waals surface area (Å²) in [4.78, 5) is 27.8. The molecule has 2 heterocycles. The van der Waals surface area contributed by atoms with Gasteiger partial charge in [-0.3, -0.25) is 19.4 Å². The maximum atomic E-state index is 12.0. The molecule has 0 atom stereocenters. The number of piperidine rings is 1. The quantitative estimate of drug-likeness (QED) is 0.771. The molecule has 8 heteroatoms.